The molecule has 4 heteroatoms. The van der Waals surface area contributed by atoms with Gasteiger partial charge < -0.3 is 4.98 Å². The quantitative estimate of drug-likeness (QED) is 0.669. The molecular weight excluding hydrogens is 178 g/mol. The normalized spacial score (nSPS) is 15.7. The van der Waals surface area contributed by atoms with Crippen LogP contribution in [0.15, 0.2) is 17.1 Å². The lowest BCUT2D eigenvalue weighted by atomic mass is 9.98. The van der Waals surface area contributed by atoms with Crippen molar-refractivity contribution in [3.63, 3.8) is 0 Å². The number of aromatic amines is 1. The van der Waals surface area contributed by atoms with Gasteiger partial charge in [-0.05, 0) is 25.7 Å². The zero-order valence-corrected chi connectivity index (χ0v) is 7.79. The average molecular weight is 189 g/mol. The number of rotatable bonds is 0. The summed E-state index contributed by atoms with van der Waals surface area (Å²) in [5.74, 6) is 0. The number of nitrogens with zero attached hydrogens (tertiary/aromatic N) is 2. The van der Waals surface area contributed by atoms with E-state index in [1.807, 2.05) is 0 Å². The van der Waals surface area contributed by atoms with Crippen LogP contribution in [0.1, 0.15) is 24.1 Å². The molecule has 2 heterocycles. The fourth-order valence-corrected chi connectivity index (χ4v) is 2.11. The highest BCUT2D eigenvalue weighted by atomic mass is 16.1. The summed E-state index contributed by atoms with van der Waals surface area (Å²) in [4.78, 5) is 14.0. The fraction of sp³-hybridized carbons (Fsp3) is 0.400. The van der Waals surface area contributed by atoms with Gasteiger partial charge in [-0.15, -0.1) is 0 Å². The zero-order chi connectivity index (χ0) is 9.54. The lowest BCUT2D eigenvalue weighted by molar-refractivity contribution is 0.673. The van der Waals surface area contributed by atoms with Crippen LogP contribution in [0.25, 0.3) is 5.65 Å². The molecule has 1 N–H and O–H groups in total. The summed E-state index contributed by atoms with van der Waals surface area (Å²) in [6.07, 6.45) is 6.22. The third kappa shape index (κ3) is 0.999. The summed E-state index contributed by atoms with van der Waals surface area (Å²) in [6, 6.07) is 1.51. The molecule has 0 saturated heterocycles. The molecule has 0 unspecified atom stereocenters. The van der Waals surface area contributed by atoms with Gasteiger partial charge in [0, 0.05) is 17.8 Å². The van der Waals surface area contributed by atoms with E-state index in [1.54, 1.807) is 10.7 Å². The van der Waals surface area contributed by atoms with Crippen molar-refractivity contribution in [1.29, 1.82) is 0 Å². The summed E-state index contributed by atoms with van der Waals surface area (Å²) >= 11 is 0. The topological polar surface area (TPSA) is 50.2 Å². The molecule has 1 aliphatic rings. The molecule has 0 spiro atoms. The van der Waals surface area contributed by atoms with Gasteiger partial charge >= 0.3 is 0 Å². The van der Waals surface area contributed by atoms with E-state index in [4.69, 9.17) is 0 Å². The van der Waals surface area contributed by atoms with Gasteiger partial charge in [-0.1, -0.05) is 0 Å². The standard InChI is InChI=1S/C10H11N3O/c14-9-5-6-13-10(11-9)7-3-1-2-4-8(7)12-13/h5-6H,1-4H2,(H,11,14). The van der Waals surface area contributed by atoms with Crippen LogP contribution in [0.2, 0.25) is 0 Å². The maximum atomic E-state index is 11.2. The van der Waals surface area contributed by atoms with Crippen LogP contribution >= 0.6 is 0 Å². The molecule has 1 aliphatic carbocycles. The number of fused-ring (bicyclic) bond motifs is 3. The first-order chi connectivity index (χ1) is 6.84. The van der Waals surface area contributed by atoms with E-state index < -0.39 is 0 Å². The first kappa shape index (κ1) is 7.79. The van der Waals surface area contributed by atoms with Gasteiger partial charge in [-0.3, -0.25) is 4.79 Å². The third-order valence-corrected chi connectivity index (χ3v) is 2.79. The number of H-pyrrole nitrogens is 1. The molecule has 72 valence electrons. The molecule has 0 radical (unpaired) electrons. The van der Waals surface area contributed by atoms with Crippen molar-refractivity contribution in [3.05, 3.63) is 33.9 Å². The summed E-state index contributed by atoms with van der Waals surface area (Å²) in [5, 5.41) is 4.44. The molecule has 2 aromatic heterocycles. The van der Waals surface area contributed by atoms with Gasteiger partial charge in [0.1, 0.15) is 5.65 Å². The largest absolute Gasteiger partial charge is 0.307 e. The first-order valence-corrected chi connectivity index (χ1v) is 4.94. The number of nitrogens with one attached hydrogen (secondary N) is 1. The highest BCUT2D eigenvalue weighted by molar-refractivity contribution is 5.50. The van der Waals surface area contributed by atoms with Crippen LogP contribution in [0.5, 0.6) is 0 Å². The maximum Gasteiger partial charge on any atom is 0.251 e. The predicted molar refractivity (Wildman–Crippen MR) is 52.5 cm³/mol. The smallest absolute Gasteiger partial charge is 0.251 e. The third-order valence-electron chi connectivity index (χ3n) is 2.79. The van der Waals surface area contributed by atoms with E-state index in [-0.39, 0.29) is 5.56 Å². The molecule has 4 nitrogen and oxygen atoms in total. The lowest BCUT2D eigenvalue weighted by Gasteiger charge is -2.07. The van der Waals surface area contributed by atoms with E-state index in [2.05, 4.69) is 10.1 Å². The molecular formula is C10H11N3O. The number of hydrogen-bond donors (Lipinski definition) is 1. The van der Waals surface area contributed by atoms with Crippen LogP contribution in [-0.4, -0.2) is 14.6 Å². The van der Waals surface area contributed by atoms with Crippen molar-refractivity contribution >= 4 is 5.65 Å². The second-order valence-corrected chi connectivity index (χ2v) is 3.73. The van der Waals surface area contributed by atoms with Gasteiger partial charge in [-0.25, -0.2) is 4.52 Å². The molecule has 2 aromatic rings. The molecule has 0 atom stereocenters. The van der Waals surface area contributed by atoms with Gasteiger partial charge in [-0.2, -0.15) is 5.10 Å². The second kappa shape index (κ2) is 2.70. The summed E-state index contributed by atoms with van der Waals surface area (Å²) < 4.78 is 1.78. The lowest BCUT2D eigenvalue weighted by Crippen LogP contribution is -2.07. The Bertz CT molecular complexity index is 538. The van der Waals surface area contributed by atoms with Crippen molar-refractivity contribution in [1.82, 2.24) is 14.6 Å². The number of aromatic nitrogens is 3. The van der Waals surface area contributed by atoms with Crippen LogP contribution in [0.4, 0.5) is 0 Å². The van der Waals surface area contributed by atoms with E-state index >= 15 is 0 Å². The van der Waals surface area contributed by atoms with Crippen molar-refractivity contribution in [3.8, 4) is 0 Å². The first-order valence-electron chi connectivity index (χ1n) is 4.94. The number of aryl methyl sites for hydroxylation is 2. The molecule has 0 amide bonds. The number of hydrogen-bond acceptors (Lipinski definition) is 2. The Kier molecular flexibility index (Phi) is 1.50. The Morgan fingerprint density at radius 2 is 2.21 bits per heavy atom. The Balaban J connectivity index is 2.38. The minimum atomic E-state index is -0.0502. The van der Waals surface area contributed by atoms with Gasteiger partial charge in [0.25, 0.3) is 5.56 Å². The van der Waals surface area contributed by atoms with E-state index in [0.29, 0.717) is 0 Å². The van der Waals surface area contributed by atoms with E-state index in [1.165, 1.54) is 24.5 Å². The molecule has 0 saturated carbocycles. The van der Waals surface area contributed by atoms with Crippen LogP contribution < -0.4 is 5.56 Å². The summed E-state index contributed by atoms with van der Waals surface area (Å²) in [7, 11) is 0. The maximum absolute atomic E-state index is 11.2. The minimum absolute atomic E-state index is 0.0502. The SMILES string of the molecule is O=c1ccn2nc3c(c2[nH]1)CCCC3. The summed E-state index contributed by atoms with van der Waals surface area (Å²) in [6.45, 7) is 0. The second-order valence-electron chi connectivity index (χ2n) is 3.73. The Labute approximate surface area is 80.6 Å². The minimum Gasteiger partial charge on any atom is -0.307 e. The molecule has 0 aliphatic heterocycles. The van der Waals surface area contributed by atoms with E-state index in [9.17, 15) is 4.79 Å². The van der Waals surface area contributed by atoms with Crippen LogP contribution in [0, 0.1) is 0 Å². The van der Waals surface area contributed by atoms with Crippen molar-refractivity contribution in [2.45, 2.75) is 25.7 Å². The zero-order valence-electron chi connectivity index (χ0n) is 7.79. The average Bonchev–Trinajstić information content (AvgIpc) is 2.56. The van der Waals surface area contributed by atoms with Crippen molar-refractivity contribution < 1.29 is 0 Å². The Morgan fingerprint density at radius 1 is 1.36 bits per heavy atom. The molecule has 0 aromatic carbocycles. The van der Waals surface area contributed by atoms with Crippen LogP contribution in [0.3, 0.4) is 0 Å². The van der Waals surface area contributed by atoms with Crippen molar-refractivity contribution in [2.75, 3.05) is 0 Å². The van der Waals surface area contributed by atoms with Crippen LogP contribution in [-0.2, 0) is 12.8 Å². The predicted octanol–water partition coefficient (Wildman–Crippen LogP) is 0.901. The fourth-order valence-electron chi connectivity index (χ4n) is 2.11. The van der Waals surface area contributed by atoms with Gasteiger partial charge in [0.15, 0.2) is 0 Å². The highest BCUT2D eigenvalue weighted by Crippen LogP contribution is 2.22. The van der Waals surface area contributed by atoms with Gasteiger partial charge in [0.2, 0.25) is 0 Å². The monoisotopic (exact) mass is 189 g/mol. The molecule has 0 fully saturated rings. The van der Waals surface area contributed by atoms with Crippen molar-refractivity contribution in [2.24, 2.45) is 0 Å². The van der Waals surface area contributed by atoms with Gasteiger partial charge in [0.05, 0.1) is 5.69 Å². The summed E-state index contributed by atoms with van der Waals surface area (Å²) in [5.41, 5.74) is 3.21. The molecule has 0 bridgehead atoms. The highest BCUT2D eigenvalue weighted by Gasteiger charge is 2.16. The Morgan fingerprint density at radius 3 is 3.14 bits per heavy atom. The molecule has 14 heavy (non-hydrogen) atoms. The van der Waals surface area contributed by atoms with E-state index in [0.717, 1.165) is 24.2 Å². The molecule has 3 rings (SSSR count). The Hall–Kier alpha value is -1.58.